The molecule has 22 heavy (non-hydrogen) atoms. The number of hydrogen-bond donors (Lipinski definition) is 0. The number of rotatable bonds is 2. The van der Waals surface area contributed by atoms with Crippen LogP contribution in [-0.4, -0.2) is 59.9 Å². The molecule has 0 aliphatic carbocycles. The van der Waals surface area contributed by atoms with E-state index in [4.69, 9.17) is 0 Å². The van der Waals surface area contributed by atoms with E-state index in [2.05, 4.69) is 31.0 Å². The average molecular weight is 337 g/mol. The van der Waals surface area contributed by atoms with Crippen LogP contribution in [0.4, 0.5) is 0 Å². The van der Waals surface area contributed by atoms with Crippen LogP contribution in [0.5, 0.6) is 0 Å². The Morgan fingerprint density at radius 2 is 1.82 bits per heavy atom. The first kappa shape index (κ1) is 16.2. The fourth-order valence-electron chi connectivity index (χ4n) is 3.07. The SMILES string of the molecule is C[C@@H]1CN(C)CCN1C(=O)c1ccc(C2SCCCS2)cc1. The Hall–Kier alpha value is -0.650. The molecule has 0 radical (unpaired) electrons. The Labute approximate surface area is 141 Å². The van der Waals surface area contributed by atoms with E-state index in [1.165, 1.54) is 23.5 Å². The van der Waals surface area contributed by atoms with Gasteiger partial charge in [0.05, 0.1) is 4.58 Å². The van der Waals surface area contributed by atoms with Crippen LogP contribution in [0.25, 0.3) is 0 Å². The highest BCUT2D eigenvalue weighted by Crippen LogP contribution is 2.43. The number of thioether (sulfide) groups is 2. The van der Waals surface area contributed by atoms with Crippen molar-refractivity contribution in [1.82, 2.24) is 9.80 Å². The molecule has 2 saturated heterocycles. The van der Waals surface area contributed by atoms with Gasteiger partial charge in [0, 0.05) is 31.2 Å². The second-order valence-electron chi connectivity index (χ2n) is 6.16. The van der Waals surface area contributed by atoms with Crippen molar-refractivity contribution in [1.29, 1.82) is 0 Å². The van der Waals surface area contributed by atoms with E-state index in [1.54, 1.807) is 0 Å². The number of hydrogen-bond acceptors (Lipinski definition) is 4. The summed E-state index contributed by atoms with van der Waals surface area (Å²) in [4.78, 5) is 17.0. The zero-order valence-corrected chi connectivity index (χ0v) is 15.0. The van der Waals surface area contributed by atoms with Crippen molar-refractivity contribution < 1.29 is 4.79 Å². The molecule has 2 fully saturated rings. The molecule has 0 unspecified atom stereocenters. The monoisotopic (exact) mass is 336 g/mol. The Kier molecular flexibility index (Phi) is 5.37. The van der Waals surface area contributed by atoms with Gasteiger partial charge in [0.2, 0.25) is 0 Å². The zero-order valence-electron chi connectivity index (χ0n) is 13.3. The number of amides is 1. The molecule has 0 bridgehead atoms. The number of likely N-dealkylation sites (N-methyl/N-ethyl adjacent to an activating group) is 1. The van der Waals surface area contributed by atoms with Gasteiger partial charge in [-0.2, -0.15) is 0 Å². The highest BCUT2D eigenvalue weighted by molar-refractivity contribution is 8.16. The zero-order chi connectivity index (χ0) is 15.5. The normalized spacial score (nSPS) is 24.5. The fourth-order valence-corrected chi connectivity index (χ4v) is 5.96. The standard InChI is InChI=1S/C17H24N2OS2/c1-13-12-18(2)8-9-19(13)16(20)14-4-6-15(7-5-14)17-21-10-3-11-22-17/h4-7,13,17H,3,8-12H2,1-2H3/t13-/m1/s1. The molecule has 2 aliphatic heterocycles. The highest BCUT2D eigenvalue weighted by Gasteiger charge is 2.26. The van der Waals surface area contributed by atoms with Gasteiger partial charge < -0.3 is 9.80 Å². The Morgan fingerprint density at radius 3 is 2.45 bits per heavy atom. The van der Waals surface area contributed by atoms with E-state index in [0.29, 0.717) is 4.58 Å². The van der Waals surface area contributed by atoms with Crippen molar-refractivity contribution in [2.45, 2.75) is 24.0 Å². The second-order valence-corrected chi connectivity index (χ2v) is 8.88. The lowest BCUT2D eigenvalue weighted by atomic mass is 10.1. The summed E-state index contributed by atoms with van der Waals surface area (Å²) in [6.07, 6.45) is 1.31. The van der Waals surface area contributed by atoms with Gasteiger partial charge in [0.15, 0.2) is 0 Å². The first-order valence-electron chi connectivity index (χ1n) is 7.98. The van der Waals surface area contributed by atoms with Crippen molar-refractivity contribution in [3.63, 3.8) is 0 Å². The van der Waals surface area contributed by atoms with Crippen molar-refractivity contribution in [2.24, 2.45) is 0 Å². The topological polar surface area (TPSA) is 23.6 Å². The maximum absolute atomic E-state index is 12.7. The molecule has 2 aliphatic rings. The van der Waals surface area contributed by atoms with Crippen molar-refractivity contribution >= 4 is 29.4 Å². The lowest BCUT2D eigenvalue weighted by molar-refractivity contribution is 0.0533. The Bertz CT molecular complexity index is 514. The van der Waals surface area contributed by atoms with Gasteiger partial charge in [-0.15, -0.1) is 23.5 Å². The molecule has 5 heteroatoms. The van der Waals surface area contributed by atoms with Crippen LogP contribution in [0.3, 0.4) is 0 Å². The molecule has 0 aromatic heterocycles. The lowest BCUT2D eigenvalue weighted by Crippen LogP contribution is -2.52. The van der Waals surface area contributed by atoms with Crippen LogP contribution in [0.15, 0.2) is 24.3 Å². The largest absolute Gasteiger partial charge is 0.333 e. The first-order chi connectivity index (χ1) is 10.6. The molecule has 2 heterocycles. The third kappa shape index (κ3) is 3.63. The quantitative estimate of drug-likeness (QED) is 0.826. The molecule has 3 rings (SSSR count). The number of carbonyl (C=O) groups excluding carboxylic acids is 1. The first-order valence-corrected chi connectivity index (χ1v) is 10.1. The van der Waals surface area contributed by atoms with E-state index in [-0.39, 0.29) is 11.9 Å². The smallest absolute Gasteiger partial charge is 0.254 e. The number of carbonyl (C=O) groups is 1. The van der Waals surface area contributed by atoms with Gasteiger partial charge in [0.1, 0.15) is 0 Å². The molecule has 0 saturated carbocycles. The molecule has 1 amide bonds. The molecular weight excluding hydrogens is 312 g/mol. The van der Waals surface area contributed by atoms with Crippen molar-refractivity contribution in [2.75, 3.05) is 38.2 Å². The summed E-state index contributed by atoms with van der Waals surface area (Å²) in [5.41, 5.74) is 2.17. The van der Waals surface area contributed by atoms with E-state index in [9.17, 15) is 4.79 Å². The van der Waals surface area contributed by atoms with Gasteiger partial charge in [-0.1, -0.05) is 12.1 Å². The summed E-state index contributed by atoms with van der Waals surface area (Å²) in [5, 5.41) is 0. The highest BCUT2D eigenvalue weighted by atomic mass is 32.2. The van der Waals surface area contributed by atoms with Crippen molar-refractivity contribution in [3.05, 3.63) is 35.4 Å². The lowest BCUT2D eigenvalue weighted by Gasteiger charge is -2.38. The Morgan fingerprint density at radius 1 is 1.14 bits per heavy atom. The summed E-state index contributed by atoms with van der Waals surface area (Å²) in [5.74, 6) is 2.67. The van der Waals surface area contributed by atoms with Gasteiger partial charge >= 0.3 is 0 Å². The fraction of sp³-hybridized carbons (Fsp3) is 0.588. The number of benzene rings is 1. The van der Waals surface area contributed by atoms with Gasteiger partial charge in [-0.25, -0.2) is 0 Å². The third-order valence-electron chi connectivity index (χ3n) is 4.35. The molecule has 3 nitrogen and oxygen atoms in total. The summed E-state index contributed by atoms with van der Waals surface area (Å²) in [6.45, 7) is 4.88. The molecule has 120 valence electrons. The van der Waals surface area contributed by atoms with Crippen molar-refractivity contribution in [3.8, 4) is 0 Å². The van der Waals surface area contributed by atoms with E-state index in [1.807, 2.05) is 40.6 Å². The number of piperazine rings is 1. The summed E-state index contributed by atoms with van der Waals surface area (Å²) >= 11 is 4.04. The molecule has 1 atom stereocenters. The summed E-state index contributed by atoms with van der Waals surface area (Å²) in [6, 6.07) is 8.60. The van der Waals surface area contributed by atoms with Crippen LogP contribution in [0.2, 0.25) is 0 Å². The van der Waals surface area contributed by atoms with Gasteiger partial charge in [-0.05, 0) is 49.6 Å². The second kappa shape index (κ2) is 7.28. The predicted molar refractivity (Wildman–Crippen MR) is 96.7 cm³/mol. The summed E-state index contributed by atoms with van der Waals surface area (Å²) < 4.78 is 0.542. The minimum atomic E-state index is 0.177. The number of nitrogens with zero attached hydrogens (tertiary/aromatic N) is 2. The maximum atomic E-state index is 12.7. The predicted octanol–water partition coefficient (Wildman–Crippen LogP) is 3.33. The van der Waals surface area contributed by atoms with E-state index >= 15 is 0 Å². The third-order valence-corrected chi connectivity index (χ3v) is 7.36. The maximum Gasteiger partial charge on any atom is 0.254 e. The van der Waals surface area contributed by atoms with Gasteiger partial charge in [0.25, 0.3) is 5.91 Å². The van der Waals surface area contributed by atoms with Crippen LogP contribution in [0, 0.1) is 0 Å². The van der Waals surface area contributed by atoms with Crippen LogP contribution in [0.1, 0.15) is 33.8 Å². The molecule has 1 aromatic rings. The van der Waals surface area contributed by atoms with Crippen LogP contribution >= 0.6 is 23.5 Å². The Balaban J connectivity index is 1.68. The molecule has 0 N–H and O–H groups in total. The average Bonchev–Trinajstić information content (AvgIpc) is 2.55. The van der Waals surface area contributed by atoms with Crippen LogP contribution in [-0.2, 0) is 0 Å². The molecule has 0 spiro atoms. The molecule has 1 aromatic carbocycles. The minimum Gasteiger partial charge on any atom is -0.333 e. The van der Waals surface area contributed by atoms with Gasteiger partial charge in [-0.3, -0.25) is 4.79 Å². The van der Waals surface area contributed by atoms with E-state index in [0.717, 1.165) is 25.2 Å². The molecular formula is C17H24N2OS2. The minimum absolute atomic E-state index is 0.177. The van der Waals surface area contributed by atoms with E-state index < -0.39 is 0 Å². The summed E-state index contributed by atoms with van der Waals surface area (Å²) in [7, 11) is 2.12. The van der Waals surface area contributed by atoms with Crippen LogP contribution < -0.4 is 0 Å².